The molecule has 0 aliphatic heterocycles. The van der Waals surface area contributed by atoms with Gasteiger partial charge < -0.3 is 0 Å². The van der Waals surface area contributed by atoms with E-state index in [1.165, 1.54) is 0 Å². The molecule has 0 N–H and O–H groups in total. The number of aryl methyl sites for hydroxylation is 1. The molecule has 1 aromatic heterocycles. The fourth-order valence-electron chi connectivity index (χ4n) is 2.20. The van der Waals surface area contributed by atoms with E-state index in [4.69, 9.17) is 27.6 Å². The molecule has 0 radical (unpaired) electrons. The Morgan fingerprint density at radius 3 is 1.76 bits per heavy atom. The minimum Gasteiger partial charge on any atom is -0.213 e. The van der Waals surface area contributed by atoms with Crippen LogP contribution in [0, 0.1) is 6.92 Å². The maximum Gasteiger partial charge on any atom is 0.360 e. The molecule has 3 heteroatoms. The molecule has 0 aliphatic carbocycles. The van der Waals surface area contributed by atoms with Crippen molar-refractivity contribution >= 4 is 23.2 Å². The van der Waals surface area contributed by atoms with Crippen molar-refractivity contribution < 1.29 is 4.42 Å². The van der Waals surface area contributed by atoms with Crippen molar-refractivity contribution in [2.75, 3.05) is 0 Å². The molecule has 0 fully saturated rings. The molecule has 0 atom stereocenters. The number of hydrogen-bond acceptors (Lipinski definition) is 0. The molecular weight excluding hydrogens is 303 g/mol. The van der Waals surface area contributed by atoms with Gasteiger partial charge in [-0.2, -0.15) is 0 Å². The average Bonchev–Trinajstić information content (AvgIpc) is 2.48. The number of rotatable bonds is 2. The van der Waals surface area contributed by atoms with Gasteiger partial charge in [0.05, 0.1) is 18.6 Å². The maximum atomic E-state index is 5.94. The van der Waals surface area contributed by atoms with E-state index in [1.54, 1.807) is 0 Å². The minimum absolute atomic E-state index is 0.712. The molecule has 0 saturated heterocycles. The molecule has 3 rings (SSSR count). The van der Waals surface area contributed by atoms with Crippen LogP contribution < -0.4 is 0 Å². The fourth-order valence-corrected chi connectivity index (χ4v) is 2.45. The van der Waals surface area contributed by atoms with Crippen molar-refractivity contribution in [3.63, 3.8) is 0 Å². The van der Waals surface area contributed by atoms with E-state index in [0.29, 0.717) is 5.02 Å². The van der Waals surface area contributed by atoms with Crippen LogP contribution >= 0.6 is 23.2 Å². The highest BCUT2D eigenvalue weighted by atomic mass is 35.5. The van der Waals surface area contributed by atoms with Gasteiger partial charge in [-0.15, -0.1) is 0 Å². The summed E-state index contributed by atoms with van der Waals surface area (Å²) in [6.45, 7) is 1.94. The van der Waals surface area contributed by atoms with Crippen LogP contribution in [0.2, 0.25) is 10.0 Å². The van der Waals surface area contributed by atoms with Crippen LogP contribution in [0.15, 0.2) is 65.1 Å². The molecule has 0 amide bonds. The first-order valence-electron chi connectivity index (χ1n) is 6.58. The predicted octanol–water partition coefficient (Wildman–Crippen LogP) is 6.51. The summed E-state index contributed by atoms with van der Waals surface area (Å²) < 4.78 is 5.82. The summed E-state index contributed by atoms with van der Waals surface area (Å²) in [7, 11) is 0. The SMILES string of the molecule is Cc1cc(-c2ccc(Cl)cc2)cc(-c2ccc(Cl)cc2)[o+]1. The van der Waals surface area contributed by atoms with E-state index in [9.17, 15) is 0 Å². The second kappa shape index (κ2) is 5.88. The molecule has 3 aromatic rings. The molecule has 0 unspecified atom stereocenters. The molecule has 2 aromatic carbocycles. The first-order valence-corrected chi connectivity index (χ1v) is 7.34. The second-order valence-corrected chi connectivity index (χ2v) is 5.71. The summed E-state index contributed by atoms with van der Waals surface area (Å²) in [5.74, 6) is 1.67. The van der Waals surface area contributed by atoms with Gasteiger partial charge in [0.25, 0.3) is 0 Å². The Morgan fingerprint density at radius 1 is 0.667 bits per heavy atom. The Hall–Kier alpha value is -1.83. The average molecular weight is 316 g/mol. The van der Waals surface area contributed by atoms with Gasteiger partial charge in [-0.3, -0.25) is 0 Å². The van der Waals surface area contributed by atoms with Gasteiger partial charge in [-0.05, 0) is 42.0 Å². The highest BCUT2D eigenvalue weighted by Crippen LogP contribution is 2.29. The minimum atomic E-state index is 0.712. The largest absolute Gasteiger partial charge is 0.360 e. The Kier molecular flexibility index (Phi) is 3.96. The molecule has 104 valence electrons. The zero-order chi connectivity index (χ0) is 14.8. The Balaban J connectivity index is 2.07. The molecular formula is C18H13Cl2O+. The van der Waals surface area contributed by atoms with Crippen molar-refractivity contribution in [1.82, 2.24) is 0 Å². The van der Waals surface area contributed by atoms with Crippen molar-refractivity contribution in [3.8, 4) is 22.5 Å². The summed E-state index contributed by atoms with van der Waals surface area (Å²) in [6.07, 6.45) is 0. The van der Waals surface area contributed by atoms with Crippen LogP contribution in [-0.4, -0.2) is 0 Å². The van der Waals surface area contributed by atoms with E-state index in [0.717, 1.165) is 33.2 Å². The third-order valence-electron chi connectivity index (χ3n) is 3.22. The monoisotopic (exact) mass is 315 g/mol. The molecule has 0 saturated carbocycles. The van der Waals surface area contributed by atoms with Crippen molar-refractivity contribution in [1.29, 1.82) is 0 Å². The van der Waals surface area contributed by atoms with Crippen LogP contribution in [0.1, 0.15) is 5.76 Å². The normalized spacial score (nSPS) is 10.6. The van der Waals surface area contributed by atoms with Gasteiger partial charge >= 0.3 is 11.5 Å². The lowest BCUT2D eigenvalue weighted by molar-refractivity contribution is 0.532. The fraction of sp³-hybridized carbons (Fsp3) is 0.0556. The van der Waals surface area contributed by atoms with Gasteiger partial charge in [0.1, 0.15) is 0 Å². The van der Waals surface area contributed by atoms with E-state index >= 15 is 0 Å². The lowest BCUT2D eigenvalue weighted by atomic mass is 10.0. The van der Waals surface area contributed by atoms with Crippen molar-refractivity contribution in [2.45, 2.75) is 6.92 Å². The standard InChI is InChI=1S/C18H13Cl2O/c1-12-10-15(13-2-6-16(19)7-3-13)11-18(21-12)14-4-8-17(20)9-5-14/h2-11H,1H3/q+1. The highest BCUT2D eigenvalue weighted by Gasteiger charge is 2.16. The Morgan fingerprint density at radius 2 is 1.19 bits per heavy atom. The Labute approximate surface area is 133 Å². The van der Waals surface area contributed by atoms with Crippen molar-refractivity contribution in [2.24, 2.45) is 0 Å². The van der Waals surface area contributed by atoms with Gasteiger partial charge in [0, 0.05) is 21.7 Å². The summed E-state index contributed by atoms with van der Waals surface area (Å²) >= 11 is 11.9. The third kappa shape index (κ3) is 3.26. The van der Waals surface area contributed by atoms with E-state index in [1.807, 2.05) is 67.6 Å². The molecule has 0 aliphatic rings. The van der Waals surface area contributed by atoms with Crippen LogP contribution in [0.25, 0.3) is 22.5 Å². The second-order valence-electron chi connectivity index (χ2n) is 4.83. The number of halogens is 2. The predicted molar refractivity (Wildman–Crippen MR) is 88.7 cm³/mol. The van der Waals surface area contributed by atoms with Crippen LogP contribution in [0.4, 0.5) is 0 Å². The van der Waals surface area contributed by atoms with Gasteiger partial charge in [0.2, 0.25) is 0 Å². The first-order chi connectivity index (χ1) is 10.1. The van der Waals surface area contributed by atoms with Crippen molar-refractivity contribution in [3.05, 3.63) is 76.5 Å². The number of benzene rings is 2. The van der Waals surface area contributed by atoms with E-state index < -0.39 is 0 Å². The van der Waals surface area contributed by atoms with Gasteiger partial charge in [-0.25, -0.2) is 4.42 Å². The summed E-state index contributed by atoms with van der Waals surface area (Å²) in [5.41, 5.74) is 3.20. The first kappa shape index (κ1) is 14.1. The van der Waals surface area contributed by atoms with Crippen LogP contribution in [0.5, 0.6) is 0 Å². The highest BCUT2D eigenvalue weighted by molar-refractivity contribution is 6.30. The lowest BCUT2D eigenvalue weighted by Crippen LogP contribution is -1.84. The summed E-state index contributed by atoms with van der Waals surface area (Å²) in [4.78, 5) is 0. The van der Waals surface area contributed by atoms with Crippen LogP contribution in [-0.2, 0) is 0 Å². The lowest BCUT2D eigenvalue weighted by Gasteiger charge is -2.01. The topological polar surface area (TPSA) is 11.3 Å². The zero-order valence-corrected chi connectivity index (χ0v) is 12.9. The molecule has 0 bridgehead atoms. The quantitative estimate of drug-likeness (QED) is 0.490. The number of hydrogen-bond donors (Lipinski definition) is 0. The van der Waals surface area contributed by atoms with Gasteiger partial charge in [0.15, 0.2) is 0 Å². The molecule has 21 heavy (non-hydrogen) atoms. The smallest absolute Gasteiger partial charge is 0.213 e. The Bertz CT molecular complexity index is 698. The zero-order valence-electron chi connectivity index (χ0n) is 11.4. The molecule has 1 heterocycles. The third-order valence-corrected chi connectivity index (χ3v) is 3.73. The molecule has 1 nitrogen and oxygen atoms in total. The molecule has 0 spiro atoms. The maximum absolute atomic E-state index is 5.94. The summed E-state index contributed by atoms with van der Waals surface area (Å²) in [6, 6.07) is 19.4. The van der Waals surface area contributed by atoms with E-state index in [-0.39, 0.29) is 0 Å². The van der Waals surface area contributed by atoms with E-state index in [2.05, 4.69) is 0 Å². The van der Waals surface area contributed by atoms with Crippen LogP contribution in [0.3, 0.4) is 0 Å². The summed E-state index contributed by atoms with van der Waals surface area (Å²) in [5, 5.41) is 1.44. The van der Waals surface area contributed by atoms with Gasteiger partial charge in [-0.1, -0.05) is 35.3 Å².